The van der Waals surface area contributed by atoms with Gasteiger partial charge in [0.2, 0.25) is 5.91 Å². The molecule has 0 atom stereocenters. The number of hydrogen-bond acceptors (Lipinski definition) is 5. The van der Waals surface area contributed by atoms with Gasteiger partial charge in [0.25, 0.3) is 11.1 Å². The normalized spacial score (nSPS) is 15.5. The number of nitrogens with zero attached hydrogens (tertiary/aromatic N) is 1. The number of thioether (sulfide) groups is 1. The summed E-state index contributed by atoms with van der Waals surface area (Å²) in [4.78, 5) is 38.6. The Hall–Kier alpha value is -3.06. The number of ether oxygens (including phenoxy) is 1. The van der Waals surface area contributed by atoms with Crippen LogP contribution in [0.3, 0.4) is 0 Å². The molecule has 0 radical (unpaired) electrons. The van der Waals surface area contributed by atoms with Crippen molar-refractivity contribution in [2.75, 3.05) is 18.5 Å². The van der Waals surface area contributed by atoms with E-state index in [0.717, 1.165) is 22.2 Å². The van der Waals surface area contributed by atoms with Crippen molar-refractivity contribution >= 4 is 40.6 Å². The van der Waals surface area contributed by atoms with E-state index < -0.39 is 17.1 Å². The van der Waals surface area contributed by atoms with Crippen LogP contribution in [0.5, 0.6) is 5.75 Å². The van der Waals surface area contributed by atoms with Gasteiger partial charge in [-0.2, -0.15) is 0 Å². The van der Waals surface area contributed by atoms with Gasteiger partial charge in [0.1, 0.15) is 12.3 Å². The van der Waals surface area contributed by atoms with Crippen molar-refractivity contribution in [2.45, 2.75) is 33.1 Å². The SMILES string of the molecule is CCOc1ccc(NC(=O)CN2C(=O)S/C(=C/c3ccc(C(C)(C)C)cc3)C2=O)cc1. The number of anilines is 1. The summed E-state index contributed by atoms with van der Waals surface area (Å²) in [6, 6.07) is 14.8. The van der Waals surface area contributed by atoms with Crippen LogP contribution in [0.2, 0.25) is 0 Å². The van der Waals surface area contributed by atoms with E-state index in [4.69, 9.17) is 4.74 Å². The molecule has 7 heteroatoms. The second-order valence-corrected chi connectivity index (χ2v) is 9.14. The lowest BCUT2D eigenvalue weighted by molar-refractivity contribution is -0.127. The highest BCUT2D eigenvalue weighted by atomic mass is 32.2. The van der Waals surface area contributed by atoms with E-state index in [9.17, 15) is 14.4 Å². The zero-order valence-electron chi connectivity index (χ0n) is 18.1. The van der Waals surface area contributed by atoms with Gasteiger partial charge in [0.15, 0.2) is 0 Å². The van der Waals surface area contributed by atoms with E-state index in [1.54, 1.807) is 30.3 Å². The van der Waals surface area contributed by atoms with Crippen LogP contribution >= 0.6 is 11.8 Å². The molecule has 1 N–H and O–H groups in total. The standard InChI is InChI=1S/C24H26N2O4S/c1-5-30-19-12-10-18(11-13-19)25-21(27)15-26-22(28)20(31-23(26)29)14-16-6-8-17(9-7-16)24(2,3)4/h6-14H,5,15H2,1-4H3,(H,25,27)/b20-14+. The largest absolute Gasteiger partial charge is 0.494 e. The van der Waals surface area contributed by atoms with Gasteiger partial charge in [-0.25, -0.2) is 0 Å². The highest BCUT2D eigenvalue weighted by Gasteiger charge is 2.36. The molecule has 1 aliphatic heterocycles. The molecular weight excluding hydrogens is 412 g/mol. The maximum Gasteiger partial charge on any atom is 0.294 e. The Bertz CT molecular complexity index is 1010. The predicted octanol–water partition coefficient (Wildman–Crippen LogP) is 5.06. The van der Waals surface area contributed by atoms with Gasteiger partial charge in [-0.15, -0.1) is 0 Å². The Balaban J connectivity index is 1.64. The van der Waals surface area contributed by atoms with Gasteiger partial charge < -0.3 is 10.1 Å². The van der Waals surface area contributed by atoms with Crippen LogP contribution in [0.4, 0.5) is 10.5 Å². The van der Waals surface area contributed by atoms with Crippen molar-refractivity contribution in [2.24, 2.45) is 0 Å². The van der Waals surface area contributed by atoms with E-state index >= 15 is 0 Å². The van der Waals surface area contributed by atoms with Crippen LogP contribution in [0.25, 0.3) is 6.08 Å². The molecule has 6 nitrogen and oxygen atoms in total. The monoisotopic (exact) mass is 438 g/mol. The molecule has 1 fully saturated rings. The van der Waals surface area contributed by atoms with Crippen molar-refractivity contribution in [3.8, 4) is 5.75 Å². The van der Waals surface area contributed by atoms with Crippen LogP contribution in [0, 0.1) is 0 Å². The number of amides is 3. The maximum absolute atomic E-state index is 12.7. The molecular formula is C24H26N2O4S. The van der Waals surface area contributed by atoms with Gasteiger partial charge in [0.05, 0.1) is 11.5 Å². The summed E-state index contributed by atoms with van der Waals surface area (Å²) in [5.41, 5.74) is 2.61. The van der Waals surface area contributed by atoms with Crippen molar-refractivity contribution < 1.29 is 19.1 Å². The third-order valence-corrected chi connectivity index (χ3v) is 5.61. The summed E-state index contributed by atoms with van der Waals surface area (Å²) in [7, 11) is 0. The van der Waals surface area contributed by atoms with Gasteiger partial charge >= 0.3 is 0 Å². The van der Waals surface area contributed by atoms with E-state index in [1.165, 1.54) is 5.56 Å². The lowest BCUT2D eigenvalue weighted by Gasteiger charge is -2.18. The molecule has 1 aliphatic rings. The molecule has 0 saturated carbocycles. The molecule has 2 aromatic carbocycles. The third-order valence-electron chi connectivity index (χ3n) is 4.70. The summed E-state index contributed by atoms with van der Waals surface area (Å²) in [6.45, 7) is 8.50. The predicted molar refractivity (Wildman–Crippen MR) is 124 cm³/mol. The van der Waals surface area contributed by atoms with E-state index in [-0.39, 0.29) is 12.0 Å². The summed E-state index contributed by atoms with van der Waals surface area (Å²) >= 11 is 0.844. The molecule has 0 spiro atoms. The minimum absolute atomic E-state index is 0.0348. The smallest absolute Gasteiger partial charge is 0.294 e. The van der Waals surface area contributed by atoms with E-state index in [2.05, 4.69) is 26.1 Å². The van der Waals surface area contributed by atoms with Gasteiger partial charge in [0, 0.05) is 5.69 Å². The van der Waals surface area contributed by atoms with Crippen LogP contribution in [0.15, 0.2) is 53.4 Å². The summed E-state index contributed by atoms with van der Waals surface area (Å²) < 4.78 is 5.37. The van der Waals surface area contributed by atoms with E-state index in [0.29, 0.717) is 22.9 Å². The van der Waals surface area contributed by atoms with Gasteiger partial charge in [-0.05, 0) is 65.6 Å². The molecule has 162 valence electrons. The highest BCUT2D eigenvalue weighted by molar-refractivity contribution is 8.18. The summed E-state index contributed by atoms with van der Waals surface area (Å²) in [5, 5.41) is 2.24. The second kappa shape index (κ2) is 9.39. The fraction of sp³-hybridized carbons (Fsp3) is 0.292. The molecule has 3 amide bonds. The topological polar surface area (TPSA) is 75.7 Å². The van der Waals surface area contributed by atoms with Gasteiger partial charge in [-0.1, -0.05) is 45.0 Å². The molecule has 31 heavy (non-hydrogen) atoms. The number of hydrogen-bond donors (Lipinski definition) is 1. The Morgan fingerprint density at radius 1 is 1.06 bits per heavy atom. The van der Waals surface area contributed by atoms with Crippen LogP contribution < -0.4 is 10.1 Å². The maximum atomic E-state index is 12.7. The van der Waals surface area contributed by atoms with Crippen molar-refractivity contribution in [1.82, 2.24) is 4.90 Å². The summed E-state index contributed by atoms with van der Waals surface area (Å²) in [5.74, 6) is -0.203. The lowest BCUT2D eigenvalue weighted by atomic mass is 9.87. The Kier molecular flexibility index (Phi) is 6.85. The quantitative estimate of drug-likeness (QED) is 0.638. The number of carbonyl (C=O) groups excluding carboxylic acids is 3. The Morgan fingerprint density at radius 2 is 1.71 bits per heavy atom. The van der Waals surface area contributed by atoms with Crippen LogP contribution in [-0.2, 0) is 15.0 Å². The lowest BCUT2D eigenvalue weighted by Crippen LogP contribution is -2.36. The Morgan fingerprint density at radius 3 is 2.29 bits per heavy atom. The highest BCUT2D eigenvalue weighted by Crippen LogP contribution is 2.32. The molecule has 1 saturated heterocycles. The second-order valence-electron chi connectivity index (χ2n) is 8.15. The fourth-order valence-corrected chi connectivity index (χ4v) is 3.85. The zero-order valence-corrected chi connectivity index (χ0v) is 18.9. The average Bonchev–Trinajstić information content (AvgIpc) is 2.97. The van der Waals surface area contributed by atoms with E-state index in [1.807, 2.05) is 31.2 Å². The van der Waals surface area contributed by atoms with Crippen LogP contribution in [0.1, 0.15) is 38.8 Å². The number of benzene rings is 2. The first kappa shape index (κ1) is 22.6. The molecule has 1 heterocycles. The molecule has 0 unspecified atom stereocenters. The minimum atomic E-state index is -0.461. The number of carbonyl (C=O) groups is 3. The molecule has 0 aliphatic carbocycles. The third kappa shape index (κ3) is 5.76. The average molecular weight is 439 g/mol. The Labute approximate surface area is 186 Å². The molecule has 0 bridgehead atoms. The van der Waals surface area contributed by atoms with Crippen molar-refractivity contribution in [1.29, 1.82) is 0 Å². The van der Waals surface area contributed by atoms with Crippen LogP contribution in [-0.4, -0.2) is 35.1 Å². The van der Waals surface area contributed by atoms with Gasteiger partial charge in [-0.3, -0.25) is 19.3 Å². The fourth-order valence-electron chi connectivity index (χ4n) is 3.01. The molecule has 2 aromatic rings. The summed E-state index contributed by atoms with van der Waals surface area (Å²) in [6.07, 6.45) is 1.68. The number of nitrogens with one attached hydrogen (secondary N) is 1. The first-order valence-electron chi connectivity index (χ1n) is 10.1. The minimum Gasteiger partial charge on any atom is -0.494 e. The first-order chi connectivity index (χ1) is 14.7. The molecule has 3 rings (SSSR count). The zero-order chi connectivity index (χ0) is 22.6. The number of imide groups is 1. The number of rotatable bonds is 6. The van der Waals surface area contributed by atoms with Crippen molar-refractivity contribution in [3.63, 3.8) is 0 Å². The van der Waals surface area contributed by atoms with Crippen molar-refractivity contribution in [3.05, 3.63) is 64.6 Å². The first-order valence-corrected chi connectivity index (χ1v) is 10.9. The molecule has 0 aromatic heterocycles.